The Morgan fingerprint density at radius 3 is 2.82 bits per heavy atom. The average Bonchev–Trinajstić information content (AvgIpc) is 3.47. The number of nitrogens with one attached hydrogen (secondary N) is 2. The van der Waals surface area contributed by atoms with E-state index in [1.807, 2.05) is 24.3 Å². The number of nitrogens with zero attached hydrogens (tertiary/aromatic N) is 4. The van der Waals surface area contributed by atoms with Crippen molar-refractivity contribution < 1.29 is 5.11 Å². The Kier molecular flexibility index (Phi) is 6.17. The number of rotatable bonds is 7. The average molecular weight is 457 g/mol. The molecule has 8 heteroatoms. The molecule has 2 aromatic carbocycles. The molecule has 1 fully saturated rings. The summed E-state index contributed by atoms with van der Waals surface area (Å²) in [4.78, 5) is 15.7. The number of thiazole rings is 1. The molecular formula is C25H24N6OS. The van der Waals surface area contributed by atoms with Gasteiger partial charge < -0.3 is 15.7 Å². The molecule has 0 saturated carbocycles. The summed E-state index contributed by atoms with van der Waals surface area (Å²) >= 11 is 1.50. The summed E-state index contributed by atoms with van der Waals surface area (Å²) in [5, 5.41) is 17.0. The zero-order valence-corrected chi connectivity index (χ0v) is 18.8. The molecule has 0 bridgehead atoms. The monoisotopic (exact) mass is 456 g/mol. The Balaban J connectivity index is 1.30. The third-order valence-electron chi connectivity index (χ3n) is 5.78. The maximum absolute atomic E-state index is 9.53. The molecule has 1 saturated heterocycles. The number of fused-ring (bicyclic) bond motifs is 1. The predicted molar refractivity (Wildman–Crippen MR) is 133 cm³/mol. The van der Waals surface area contributed by atoms with E-state index in [9.17, 15) is 5.11 Å². The van der Waals surface area contributed by atoms with Crippen LogP contribution in [0.3, 0.4) is 0 Å². The third-order valence-corrected chi connectivity index (χ3v) is 6.75. The molecular weight excluding hydrogens is 432 g/mol. The first-order valence-corrected chi connectivity index (χ1v) is 11.7. The normalized spacial score (nSPS) is 16.1. The van der Waals surface area contributed by atoms with Gasteiger partial charge in [-0.15, -0.1) is 6.42 Å². The van der Waals surface area contributed by atoms with E-state index in [4.69, 9.17) is 6.42 Å². The van der Waals surface area contributed by atoms with Crippen molar-refractivity contribution in [2.75, 3.05) is 23.8 Å². The van der Waals surface area contributed by atoms with Gasteiger partial charge in [-0.3, -0.25) is 4.90 Å². The molecule has 0 amide bonds. The number of likely N-dealkylation sites (tertiary alicyclic amines) is 1. The van der Waals surface area contributed by atoms with Gasteiger partial charge in [-0.25, -0.2) is 9.97 Å². The summed E-state index contributed by atoms with van der Waals surface area (Å²) in [6.07, 6.45) is 9.24. The highest BCUT2D eigenvalue weighted by atomic mass is 32.1. The maximum Gasteiger partial charge on any atom is 0.189 e. The number of aliphatic hydroxyl groups excluding tert-OH is 1. The van der Waals surface area contributed by atoms with Crippen molar-refractivity contribution in [2.24, 2.45) is 0 Å². The molecule has 3 N–H and O–H groups in total. The first-order chi connectivity index (χ1) is 16.2. The van der Waals surface area contributed by atoms with E-state index in [1.54, 1.807) is 0 Å². The highest BCUT2D eigenvalue weighted by Gasteiger charge is 2.23. The molecule has 1 atom stereocenters. The molecule has 1 aliphatic heterocycles. The number of aliphatic hydroxyl groups is 1. The zero-order valence-electron chi connectivity index (χ0n) is 18.0. The summed E-state index contributed by atoms with van der Waals surface area (Å²) in [6.45, 7) is 2.13. The van der Waals surface area contributed by atoms with Crippen LogP contribution in [0, 0.1) is 12.3 Å². The summed E-state index contributed by atoms with van der Waals surface area (Å²) in [7, 11) is 0. The van der Waals surface area contributed by atoms with Gasteiger partial charge in [0.1, 0.15) is 11.0 Å². The smallest absolute Gasteiger partial charge is 0.189 e. The Bertz CT molecular complexity index is 1300. The Morgan fingerprint density at radius 2 is 2.00 bits per heavy atom. The van der Waals surface area contributed by atoms with E-state index >= 15 is 0 Å². The van der Waals surface area contributed by atoms with E-state index < -0.39 is 0 Å². The van der Waals surface area contributed by atoms with Crippen molar-refractivity contribution >= 4 is 44.0 Å². The lowest BCUT2D eigenvalue weighted by Crippen LogP contribution is -2.31. The number of hydrogen-bond donors (Lipinski definition) is 3. The fourth-order valence-corrected chi connectivity index (χ4v) is 4.97. The van der Waals surface area contributed by atoms with E-state index in [-0.39, 0.29) is 12.6 Å². The summed E-state index contributed by atoms with van der Waals surface area (Å²) in [6, 6.07) is 16.3. The SMILES string of the molecule is C#Cc1cccc(Nc2ncnc3nc(Nc4ccc(CN5CCC[C@H]5CO)cc4)sc23)c1. The topological polar surface area (TPSA) is 86.2 Å². The van der Waals surface area contributed by atoms with Crippen molar-refractivity contribution in [3.63, 3.8) is 0 Å². The minimum atomic E-state index is 0.228. The van der Waals surface area contributed by atoms with Gasteiger partial charge >= 0.3 is 0 Å². The standard InChI is InChI=1S/C25H24N6OS/c1-2-17-5-3-6-20(13-17)28-23-22-24(27-16-26-23)30-25(33-22)29-19-10-8-18(9-11-19)14-31-12-4-7-21(31)15-32/h1,3,5-6,8-11,13,16,21,32H,4,7,12,14-15H2,(H2,26,27,28,29,30)/t21-/m0/s1. The largest absolute Gasteiger partial charge is 0.395 e. The molecule has 0 aliphatic carbocycles. The molecule has 2 aromatic heterocycles. The molecule has 0 spiro atoms. The van der Waals surface area contributed by atoms with Gasteiger partial charge in [0.25, 0.3) is 0 Å². The van der Waals surface area contributed by atoms with Crippen LogP contribution in [0.1, 0.15) is 24.0 Å². The number of benzene rings is 2. The fraction of sp³-hybridized carbons (Fsp3) is 0.240. The molecule has 1 aliphatic rings. The lowest BCUT2D eigenvalue weighted by atomic mass is 10.1. The third kappa shape index (κ3) is 4.81. The van der Waals surface area contributed by atoms with Gasteiger partial charge in [0, 0.05) is 29.5 Å². The molecule has 166 valence electrons. The molecule has 0 radical (unpaired) electrons. The number of aromatic nitrogens is 3. The second-order valence-corrected chi connectivity index (χ2v) is 9.01. The van der Waals surface area contributed by atoms with Crippen LogP contribution in [0.2, 0.25) is 0 Å². The van der Waals surface area contributed by atoms with Crippen molar-refractivity contribution in [3.05, 3.63) is 66.0 Å². The second-order valence-electron chi connectivity index (χ2n) is 8.02. The Morgan fingerprint density at radius 1 is 1.12 bits per heavy atom. The first-order valence-electron chi connectivity index (χ1n) is 10.9. The highest BCUT2D eigenvalue weighted by Crippen LogP contribution is 2.33. The lowest BCUT2D eigenvalue weighted by Gasteiger charge is -2.22. The van der Waals surface area contributed by atoms with E-state index in [0.717, 1.165) is 52.7 Å². The van der Waals surface area contributed by atoms with Gasteiger partial charge in [0.05, 0.1) is 6.61 Å². The number of hydrogen-bond acceptors (Lipinski definition) is 8. The minimum Gasteiger partial charge on any atom is -0.395 e. The van der Waals surface area contributed by atoms with E-state index in [0.29, 0.717) is 11.5 Å². The molecule has 7 nitrogen and oxygen atoms in total. The van der Waals surface area contributed by atoms with Gasteiger partial charge in [0.2, 0.25) is 0 Å². The van der Waals surface area contributed by atoms with Crippen molar-refractivity contribution in [1.29, 1.82) is 0 Å². The van der Waals surface area contributed by atoms with Crippen LogP contribution in [-0.4, -0.2) is 44.2 Å². The molecule has 0 unspecified atom stereocenters. The van der Waals surface area contributed by atoms with E-state index in [2.05, 4.69) is 60.7 Å². The van der Waals surface area contributed by atoms with Crippen LogP contribution in [0.25, 0.3) is 10.3 Å². The lowest BCUT2D eigenvalue weighted by molar-refractivity contribution is 0.153. The number of anilines is 4. The van der Waals surface area contributed by atoms with Gasteiger partial charge in [-0.1, -0.05) is 35.5 Å². The van der Waals surface area contributed by atoms with Gasteiger partial charge in [-0.05, 0) is 55.3 Å². The summed E-state index contributed by atoms with van der Waals surface area (Å²) in [5.74, 6) is 3.34. The number of terminal acetylenes is 1. The van der Waals surface area contributed by atoms with Crippen LogP contribution in [0.15, 0.2) is 54.9 Å². The van der Waals surface area contributed by atoms with Gasteiger partial charge in [-0.2, -0.15) is 4.98 Å². The minimum absolute atomic E-state index is 0.228. The van der Waals surface area contributed by atoms with Crippen LogP contribution < -0.4 is 10.6 Å². The van der Waals surface area contributed by atoms with E-state index in [1.165, 1.54) is 23.2 Å². The second kappa shape index (κ2) is 9.55. The Labute approximate surface area is 196 Å². The summed E-state index contributed by atoms with van der Waals surface area (Å²) in [5.41, 5.74) is 4.50. The Hall–Kier alpha value is -3.51. The quantitative estimate of drug-likeness (QED) is 0.353. The molecule has 33 heavy (non-hydrogen) atoms. The van der Waals surface area contributed by atoms with Crippen LogP contribution in [0.4, 0.5) is 22.3 Å². The predicted octanol–water partition coefficient (Wildman–Crippen LogP) is 4.51. The first kappa shape index (κ1) is 21.3. The summed E-state index contributed by atoms with van der Waals surface area (Å²) < 4.78 is 0.867. The maximum atomic E-state index is 9.53. The van der Waals surface area contributed by atoms with Crippen LogP contribution in [-0.2, 0) is 6.54 Å². The zero-order chi connectivity index (χ0) is 22.6. The fourth-order valence-electron chi connectivity index (χ4n) is 4.08. The molecule has 4 aromatic rings. The van der Waals surface area contributed by atoms with Crippen LogP contribution in [0.5, 0.6) is 0 Å². The molecule has 5 rings (SSSR count). The van der Waals surface area contributed by atoms with Crippen molar-refractivity contribution in [2.45, 2.75) is 25.4 Å². The van der Waals surface area contributed by atoms with Crippen molar-refractivity contribution in [3.8, 4) is 12.3 Å². The van der Waals surface area contributed by atoms with Crippen LogP contribution >= 0.6 is 11.3 Å². The highest BCUT2D eigenvalue weighted by molar-refractivity contribution is 7.22. The van der Waals surface area contributed by atoms with Gasteiger partial charge in [0.15, 0.2) is 16.6 Å². The van der Waals surface area contributed by atoms with Crippen molar-refractivity contribution in [1.82, 2.24) is 19.9 Å². The molecule has 3 heterocycles.